The monoisotopic (exact) mass is 379 g/mol. The van der Waals surface area contributed by atoms with Gasteiger partial charge in [0.25, 0.3) is 5.91 Å². The molecule has 0 atom stereocenters. The number of ether oxygens (including phenoxy) is 1. The largest absolute Gasteiger partial charge is 0.497 e. The van der Waals surface area contributed by atoms with Gasteiger partial charge < -0.3 is 9.64 Å². The summed E-state index contributed by atoms with van der Waals surface area (Å²) in [5.74, 6) is 0.522. The van der Waals surface area contributed by atoms with Gasteiger partial charge in [-0.2, -0.15) is 0 Å². The molecule has 5 heteroatoms. The molecular formula is C23H25NO4. The van der Waals surface area contributed by atoms with Crippen LogP contribution in [0, 0.1) is 5.92 Å². The Balaban J connectivity index is 1.46. The maximum Gasteiger partial charge on any atom is 0.253 e. The lowest BCUT2D eigenvalue weighted by molar-refractivity contribution is -0.129. The highest BCUT2D eigenvalue weighted by molar-refractivity contribution is 6.01. The molecule has 146 valence electrons. The van der Waals surface area contributed by atoms with E-state index >= 15 is 0 Å². The Bertz CT molecular complexity index is 821. The molecule has 2 aromatic carbocycles. The fourth-order valence-corrected chi connectivity index (χ4v) is 3.54. The van der Waals surface area contributed by atoms with E-state index in [1.165, 1.54) is 0 Å². The van der Waals surface area contributed by atoms with E-state index in [-0.39, 0.29) is 36.2 Å². The summed E-state index contributed by atoms with van der Waals surface area (Å²) in [5, 5.41) is 0. The Labute approximate surface area is 165 Å². The van der Waals surface area contributed by atoms with Crippen LogP contribution in [0.1, 0.15) is 35.2 Å². The fourth-order valence-electron chi connectivity index (χ4n) is 3.54. The zero-order chi connectivity index (χ0) is 19.9. The van der Waals surface area contributed by atoms with E-state index in [4.69, 9.17) is 4.74 Å². The molecule has 28 heavy (non-hydrogen) atoms. The van der Waals surface area contributed by atoms with Crippen molar-refractivity contribution in [3.63, 3.8) is 0 Å². The number of methoxy groups -OCH3 is 1. The first-order valence-electron chi connectivity index (χ1n) is 9.58. The van der Waals surface area contributed by atoms with E-state index in [0.29, 0.717) is 31.5 Å². The number of carbonyl (C=O) groups is 3. The average molecular weight is 379 g/mol. The van der Waals surface area contributed by atoms with Crippen molar-refractivity contribution in [3.05, 3.63) is 65.7 Å². The number of likely N-dealkylation sites (tertiary alicyclic amines) is 1. The van der Waals surface area contributed by atoms with E-state index in [0.717, 1.165) is 11.3 Å². The summed E-state index contributed by atoms with van der Waals surface area (Å²) in [6.45, 7) is 1.10. The number of piperidine rings is 1. The molecule has 5 nitrogen and oxygen atoms in total. The molecule has 0 radical (unpaired) electrons. The lowest BCUT2D eigenvalue weighted by Gasteiger charge is -2.31. The van der Waals surface area contributed by atoms with E-state index in [1.807, 2.05) is 42.5 Å². The van der Waals surface area contributed by atoms with Gasteiger partial charge in [0.15, 0.2) is 0 Å². The van der Waals surface area contributed by atoms with Crippen LogP contribution in [-0.4, -0.2) is 42.6 Å². The van der Waals surface area contributed by atoms with Crippen molar-refractivity contribution in [2.45, 2.75) is 25.7 Å². The summed E-state index contributed by atoms with van der Waals surface area (Å²) in [5.41, 5.74) is 1.55. The molecule has 2 aromatic rings. The number of carbonyl (C=O) groups excluding carboxylic acids is 3. The van der Waals surface area contributed by atoms with E-state index in [2.05, 4.69) is 0 Å². The first kappa shape index (κ1) is 19.8. The number of hydrogen-bond donors (Lipinski definition) is 0. The molecule has 1 heterocycles. The van der Waals surface area contributed by atoms with Crippen LogP contribution in [-0.2, 0) is 16.0 Å². The van der Waals surface area contributed by atoms with Crippen molar-refractivity contribution in [3.8, 4) is 5.75 Å². The third-order valence-corrected chi connectivity index (χ3v) is 5.19. The van der Waals surface area contributed by atoms with Crippen molar-refractivity contribution in [2.24, 2.45) is 5.92 Å². The zero-order valence-electron chi connectivity index (χ0n) is 16.1. The van der Waals surface area contributed by atoms with Crippen molar-refractivity contribution >= 4 is 17.5 Å². The van der Waals surface area contributed by atoms with Crippen LogP contribution in [0.2, 0.25) is 0 Å². The van der Waals surface area contributed by atoms with Crippen LogP contribution in [0.5, 0.6) is 5.75 Å². The van der Waals surface area contributed by atoms with Gasteiger partial charge >= 0.3 is 0 Å². The van der Waals surface area contributed by atoms with Crippen LogP contribution in [0.4, 0.5) is 0 Å². The summed E-state index contributed by atoms with van der Waals surface area (Å²) >= 11 is 0. The standard InChI is InChI=1S/C23H25NO4/c1-28-21-9-7-17(8-10-21)15-20(25)16-22(26)18-11-13-24(14-12-18)23(27)19-5-3-2-4-6-19/h2-10,18H,11-16H2,1H3. The normalized spacial score (nSPS) is 14.5. The summed E-state index contributed by atoms with van der Waals surface area (Å²) in [6, 6.07) is 16.5. The Morgan fingerprint density at radius 2 is 1.61 bits per heavy atom. The molecule has 1 amide bonds. The predicted octanol–water partition coefficient (Wildman–Crippen LogP) is 3.32. The van der Waals surface area contributed by atoms with Gasteiger partial charge in [0.05, 0.1) is 13.5 Å². The predicted molar refractivity (Wildman–Crippen MR) is 106 cm³/mol. The van der Waals surface area contributed by atoms with Crippen molar-refractivity contribution in [1.82, 2.24) is 4.90 Å². The van der Waals surface area contributed by atoms with E-state index in [9.17, 15) is 14.4 Å². The number of Topliss-reactive ketones (excluding diaryl/α,β-unsaturated/α-hetero) is 2. The highest BCUT2D eigenvalue weighted by Gasteiger charge is 2.28. The molecule has 1 fully saturated rings. The highest BCUT2D eigenvalue weighted by atomic mass is 16.5. The van der Waals surface area contributed by atoms with Crippen molar-refractivity contribution in [1.29, 1.82) is 0 Å². The first-order chi connectivity index (χ1) is 13.6. The molecule has 1 aliphatic rings. The number of rotatable bonds is 7. The van der Waals surface area contributed by atoms with Crippen LogP contribution in [0.25, 0.3) is 0 Å². The second kappa shape index (κ2) is 9.31. The van der Waals surface area contributed by atoms with E-state index < -0.39 is 0 Å². The smallest absolute Gasteiger partial charge is 0.253 e. The molecule has 0 saturated carbocycles. The number of hydrogen-bond acceptors (Lipinski definition) is 4. The molecule has 0 aliphatic carbocycles. The Kier molecular flexibility index (Phi) is 6.58. The summed E-state index contributed by atoms with van der Waals surface area (Å²) in [6.07, 6.45) is 1.45. The van der Waals surface area contributed by atoms with Crippen LogP contribution < -0.4 is 4.74 Å². The Hall–Kier alpha value is -2.95. The Morgan fingerprint density at radius 1 is 0.964 bits per heavy atom. The maximum absolute atomic E-state index is 12.5. The van der Waals surface area contributed by atoms with Crippen LogP contribution >= 0.6 is 0 Å². The van der Waals surface area contributed by atoms with Crippen LogP contribution in [0.15, 0.2) is 54.6 Å². The number of amides is 1. The van der Waals surface area contributed by atoms with Gasteiger partial charge in [-0.1, -0.05) is 30.3 Å². The average Bonchev–Trinajstić information content (AvgIpc) is 2.74. The minimum atomic E-state index is -0.139. The molecule has 0 unspecified atom stereocenters. The lowest BCUT2D eigenvalue weighted by Crippen LogP contribution is -2.40. The highest BCUT2D eigenvalue weighted by Crippen LogP contribution is 2.22. The van der Waals surface area contributed by atoms with Gasteiger partial charge in [0, 0.05) is 31.0 Å². The number of nitrogens with zero attached hydrogens (tertiary/aromatic N) is 1. The van der Waals surface area contributed by atoms with Crippen molar-refractivity contribution < 1.29 is 19.1 Å². The molecule has 0 aromatic heterocycles. The topological polar surface area (TPSA) is 63.7 Å². The Morgan fingerprint density at radius 3 is 2.21 bits per heavy atom. The zero-order valence-corrected chi connectivity index (χ0v) is 16.1. The van der Waals surface area contributed by atoms with Gasteiger partial charge in [-0.15, -0.1) is 0 Å². The second-order valence-corrected chi connectivity index (χ2v) is 7.14. The summed E-state index contributed by atoms with van der Waals surface area (Å²) < 4.78 is 5.10. The number of ketones is 2. The quantitative estimate of drug-likeness (QED) is 0.693. The molecule has 0 N–H and O–H groups in total. The van der Waals surface area contributed by atoms with Gasteiger partial charge in [-0.25, -0.2) is 0 Å². The van der Waals surface area contributed by atoms with Gasteiger partial charge in [-0.3, -0.25) is 14.4 Å². The van der Waals surface area contributed by atoms with Gasteiger partial charge in [-0.05, 0) is 42.7 Å². The first-order valence-corrected chi connectivity index (χ1v) is 9.58. The minimum absolute atomic E-state index is 0.00193. The molecule has 1 aliphatic heterocycles. The number of benzene rings is 2. The maximum atomic E-state index is 12.5. The summed E-state index contributed by atoms with van der Waals surface area (Å²) in [4.78, 5) is 39.0. The SMILES string of the molecule is COc1ccc(CC(=O)CC(=O)C2CCN(C(=O)c3ccccc3)CC2)cc1. The molecular weight excluding hydrogens is 354 g/mol. The van der Waals surface area contributed by atoms with Gasteiger partial charge in [0.2, 0.25) is 0 Å². The fraction of sp³-hybridized carbons (Fsp3) is 0.348. The van der Waals surface area contributed by atoms with Crippen molar-refractivity contribution in [2.75, 3.05) is 20.2 Å². The third kappa shape index (κ3) is 5.06. The lowest BCUT2D eigenvalue weighted by atomic mass is 9.89. The molecule has 1 saturated heterocycles. The third-order valence-electron chi connectivity index (χ3n) is 5.19. The van der Waals surface area contributed by atoms with Crippen LogP contribution in [0.3, 0.4) is 0 Å². The second-order valence-electron chi connectivity index (χ2n) is 7.14. The van der Waals surface area contributed by atoms with E-state index in [1.54, 1.807) is 24.1 Å². The molecule has 0 bridgehead atoms. The molecule has 0 spiro atoms. The minimum Gasteiger partial charge on any atom is -0.497 e. The molecule has 3 rings (SSSR count). The van der Waals surface area contributed by atoms with Gasteiger partial charge in [0.1, 0.15) is 17.3 Å². The summed E-state index contributed by atoms with van der Waals surface area (Å²) in [7, 11) is 1.59.